The second kappa shape index (κ2) is 16.0. The van der Waals surface area contributed by atoms with Crippen LogP contribution in [0.15, 0.2) is 97.1 Å². The van der Waals surface area contributed by atoms with Crippen LogP contribution in [-0.2, 0) is 23.1 Å². The highest BCUT2D eigenvalue weighted by atomic mass is 19.1. The van der Waals surface area contributed by atoms with Crippen LogP contribution in [-0.4, -0.2) is 44.5 Å². The number of nitrogens with zero attached hydrogens (tertiary/aromatic N) is 1. The zero-order chi connectivity index (χ0) is 32.4. The Morgan fingerprint density at radius 2 is 1.46 bits per heavy atom. The number of hydrogen-bond acceptors (Lipinski definition) is 5. The van der Waals surface area contributed by atoms with Crippen LogP contribution in [0.2, 0.25) is 0 Å². The van der Waals surface area contributed by atoms with Gasteiger partial charge < -0.3 is 15.2 Å². The van der Waals surface area contributed by atoms with E-state index in [0.717, 1.165) is 62.3 Å². The van der Waals surface area contributed by atoms with Gasteiger partial charge in [-0.15, -0.1) is 0 Å². The second-order valence-electron chi connectivity index (χ2n) is 12.4. The first-order valence-corrected chi connectivity index (χ1v) is 16.5. The summed E-state index contributed by atoms with van der Waals surface area (Å²) in [6.07, 6.45) is 6.21. The molecule has 242 valence electrons. The van der Waals surface area contributed by atoms with Gasteiger partial charge in [0.25, 0.3) is 0 Å². The summed E-state index contributed by atoms with van der Waals surface area (Å²) in [4.78, 5) is 15.5. The summed E-state index contributed by atoms with van der Waals surface area (Å²) in [6, 6.07) is 32.3. The summed E-state index contributed by atoms with van der Waals surface area (Å²) < 4.78 is 24.5. The van der Waals surface area contributed by atoms with Crippen molar-refractivity contribution in [2.24, 2.45) is 5.73 Å². The van der Waals surface area contributed by atoms with Gasteiger partial charge in [-0.25, -0.2) is 4.39 Å². The minimum Gasteiger partial charge on any atom is -0.493 e. The molecule has 0 fully saturated rings. The normalized spacial score (nSPS) is 14.9. The molecule has 46 heavy (non-hydrogen) atoms. The molecule has 1 unspecified atom stereocenters. The quantitative estimate of drug-likeness (QED) is 0.138. The lowest BCUT2D eigenvalue weighted by atomic mass is 9.68. The van der Waals surface area contributed by atoms with Crippen molar-refractivity contribution in [3.8, 4) is 11.5 Å². The maximum absolute atomic E-state index is 13.3. The molecule has 0 bridgehead atoms. The van der Waals surface area contributed by atoms with Gasteiger partial charge >= 0.3 is 0 Å². The number of hydrogen-bond donors (Lipinski definition) is 1. The second-order valence-corrected chi connectivity index (χ2v) is 12.4. The molecular weight excluding hydrogens is 575 g/mol. The average molecular weight is 623 g/mol. The first kappa shape index (κ1) is 33.4. The van der Waals surface area contributed by atoms with E-state index in [0.29, 0.717) is 25.8 Å². The Kier molecular flexibility index (Phi) is 11.6. The first-order valence-electron chi connectivity index (χ1n) is 16.5. The van der Waals surface area contributed by atoms with Gasteiger partial charge in [-0.1, -0.05) is 72.8 Å². The Balaban J connectivity index is 1.31. The highest BCUT2D eigenvalue weighted by molar-refractivity contribution is 5.78. The fourth-order valence-corrected chi connectivity index (χ4v) is 7.24. The number of ketones is 1. The largest absolute Gasteiger partial charge is 0.493 e. The van der Waals surface area contributed by atoms with Crippen molar-refractivity contribution in [1.82, 2.24) is 4.90 Å². The van der Waals surface area contributed by atoms with Crippen LogP contribution >= 0.6 is 0 Å². The maximum atomic E-state index is 13.3. The van der Waals surface area contributed by atoms with Crippen LogP contribution in [0.25, 0.3) is 0 Å². The number of nitrogens with two attached hydrogens (primary N) is 1. The van der Waals surface area contributed by atoms with Crippen LogP contribution in [0.3, 0.4) is 0 Å². The summed E-state index contributed by atoms with van der Waals surface area (Å²) in [5.41, 5.74) is 12.3. The molecule has 0 radical (unpaired) electrons. The predicted octanol–water partition coefficient (Wildman–Crippen LogP) is 7.84. The van der Waals surface area contributed by atoms with Gasteiger partial charge in [-0.2, -0.15) is 0 Å². The molecule has 0 amide bonds. The van der Waals surface area contributed by atoms with E-state index in [9.17, 15) is 9.18 Å². The standard InChI is InChI=1S/C40H47FN2O3/c1-45-38-27-31-22-26-43(37(29-42)36(31)28-39(38)46-2)25-10-24-40(32-11-5-3-6-12-32,33-13-7-4-8-14-33)23-9-15-35(44)21-18-30-16-19-34(41)20-17-30/h3-8,11-14,16-17,19-20,27-28,37H,9-10,15,18,21-26,29,42H2,1-2H3. The number of Topliss-reactive ketones (excluding diaryl/α,β-unsaturated/α-hetero) is 1. The van der Waals surface area contributed by atoms with Gasteiger partial charge in [0.1, 0.15) is 11.6 Å². The van der Waals surface area contributed by atoms with Gasteiger partial charge in [0.05, 0.1) is 14.2 Å². The maximum Gasteiger partial charge on any atom is 0.161 e. The van der Waals surface area contributed by atoms with Crippen LogP contribution in [0.5, 0.6) is 11.5 Å². The van der Waals surface area contributed by atoms with Crippen LogP contribution in [0, 0.1) is 5.82 Å². The van der Waals surface area contributed by atoms with Crippen molar-refractivity contribution >= 4 is 5.78 Å². The summed E-state index contributed by atoms with van der Waals surface area (Å²) in [5, 5.41) is 0. The van der Waals surface area contributed by atoms with Crippen molar-refractivity contribution < 1.29 is 18.7 Å². The van der Waals surface area contributed by atoms with Crippen molar-refractivity contribution in [3.05, 3.63) is 131 Å². The molecule has 0 saturated heterocycles. The highest BCUT2D eigenvalue weighted by Gasteiger charge is 2.35. The molecule has 1 heterocycles. The Morgan fingerprint density at radius 3 is 2.07 bits per heavy atom. The SMILES string of the molecule is COc1cc2c(cc1OC)C(CN)N(CCCC(CCCC(=O)CCc1ccc(F)cc1)(c1ccccc1)c1ccccc1)CC2. The van der Waals surface area contributed by atoms with Gasteiger partial charge in [-0.3, -0.25) is 9.69 Å². The molecule has 0 spiro atoms. The fourth-order valence-electron chi connectivity index (χ4n) is 7.24. The summed E-state index contributed by atoms with van der Waals surface area (Å²) >= 11 is 0. The Bertz CT molecular complexity index is 1500. The number of benzene rings is 4. The number of fused-ring (bicyclic) bond motifs is 1. The lowest BCUT2D eigenvalue weighted by Crippen LogP contribution is -2.40. The molecule has 0 aromatic heterocycles. The van der Waals surface area contributed by atoms with Gasteiger partial charge in [0, 0.05) is 37.4 Å². The zero-order valence-electron chi connectivity index (χ0n) is 27.2. The van der Waals surface area contributed by atoms with Crippen molar-refractivity contribution in [3.63, 3.8) is 0 Å². The fraction of sp³-hybridized carbons (Fsp3) is 0.375. The molecule has 4 aromatic carbocycles. The van der Waals surface area contributed by atoms with E-state index in [1.54, 1.807) is 26.4 Å². The van der Waals surface area contributed by atoms with Gasteiger partial charge in [0.15, 0.2) is 11.5 Å². The summed E-state index contributed by atoms with van der Waals surface area (Å²) in [5.74, 6) is 1.50. The molecule has 1 atom stereocenters. The van der Waals surface area contributed by atoms with E-state index in [2.05, 4.69) is 77.7 Å². The van der Waals surface area contributed by atoms with Gasteiger partial charge in [-0.05, 0) is 97.2 Å². The Hall–Kier alpha value is -4.00. The van der Waals surface area contributed by atoms with Crippen molar-refractivity contribution in [1.29, 1.82) is 0 Å². The monoisotopic (exact) mass is 622 g/mol. The molecule has 1 aliphatic heterocycles. The van der Waals surface area contributed by atoms with E-state index in [-0.39, 0.29) is 23.1 Å². The number of methoxy groups -OCH3 is 2. The highest BCUT2D eigenvalue weighted by Crippen LogP contribution is 2.43. The molecule has 0 saturated carbocycles. The van der Waals surface area contributed by atoms with Crippen molar-refractivity contribution in [2.75, 3.05) is 33.9 Å². The Morgan fingerprint density at radius 1 is 0.848 bits per heavy atom. The number of ether oxygens (including phenoxy) is 2. The first-order chi connectivity index (χ1) is 22.5. The lowest BCUT2D eigenvalue weighted by Gasteiger charge is -2.39. The minimum absolute atomic E-state index is 0.116. The van der Waals surface area contributed by atoms with E-state index in [1.165, 1.54) is 34.4 Å². The third-order valence-electron chi connectivity index (χ3n) is 9.70. The number of rotatable bonds is 16. The number of carbonyl (C=O) groups is 1. The molecule has 5 rings (SSSR count). The van der Waals surface area contributed by atoms with E-state index in [1.807, 2.05) is 0 Å². The predicted molar refractivity (Wildman–Crippen MR) is 183 cm³/mol. The third kappa shape index (κ3) is 7.86. The molecule has 6 heteroatoms. The average Bonchev–Trinajstić information content (AvgIpc) is 3.10. The zero-order valence-corrected chi connectivity index (χ0v) is 27.2. The number of halogens is 1. The Labute approximate surface area is 273 Å². The molecule has 0 aliphatic carbocycles. The van der Waals surface area contributed by atoms with E-state index < -0.39 is 0 Å². The number of aryl methyl sites for hydroxylation is 1. The third-order valence-corrected chi connectivity index (χ3v) is 9.70. The minimum atomic E-state index is -0.252. The molecule has 1 aliphatic rings. The topological polar surface area (TPSA) is 64.8 Å². The van der Waals surface area contributed by atoms with E-state index >= 15 is 0 Å². The van der Waals surface area contributed by atoms with Crippen LogP contribution in [0.4, 0.5) is 4.39 Å². The lowest BCUT2D eigenvalue weighted by molar-refractivity contribution is -0.119. The molecular formula is C40H47FN2O3. The molecule has 5 nitrogen and oxygen atoms in total. The smallest absolute Gasteiger partial charge is 0.161 e. The summed E-state index contributed by atoms with van der Waals surface area (Å²) in [6.45, 7) is 2.40. The van der Waals surface area contributed by atoms with Crippen LogP contribution in [0.1, 0.15) is 72.4 Å². The van der Waals surface area contributed by atoms with Gasteiger partial charge in [0.2, 0.25) is 0 Å². The number of carbonyl (C=O) groups excluding carboxylic acids is 1. The summed E-state index contributed by atoms with van der Waals surface area (Å²) in [7, 11) is 3.35. The van der Waals surface area contributed by atoms with Crippen LogP contribution < -0.4 is 15.2 Å². The molecule has 2 N–H and O–H groups in total. The van der Waals surface area contributed by atoms with Crippen molar-refractivity contribution in [2.45, 2.75) is 62.8 Å². The van der Waals surface area contributed by atoms with E-state index in [4.69, 9.17) is 15.2 Å². The molecule has 4 aromatic rings.